The highest BCUT2D eigenvalue weighted by Crippen LogP contribution is 2.48. The number of amides is 2. The van der Waals surface area contributed by atoms with E-state index in [9.17, 15) is 27.2 Å². The number of rotatable bonds is 5. The van der Waals surface area contributed by atoms with Gasteiger partial charge in [-0.15, -0.1) is 0 Å². The van der Waals surface area contributed by atoms with Gasteiger partial charge in [0.2, 0.25) is 0 Å². The highest BCUT2D eigenvalue weighted by molar-refractivity contribution is 6.07. The Morgan fingerprint density at radius 1 is 1.00 bits per heavy atom. The molecule has 1 spiro atoms. The molecule has 4 heterocycles. The average molecular weight is 523 g/mol. The summed E-state index contributed by atoms with van der Waals surface area (Å²) in [6, 6.07) is 12.1. The van der Waals surface area contributed by atoms with Crippen molar-refractivity contribution in [2.75, 3.05) is 12.3 Å². The van der Waals surface area contributed by atoms with Crippen LogP contribution in [0, 0.1) is 11.6 Å². The normalized spacial score (nSPS) is 19.0. The van der Waals surface area contributed by atoms with Gasteiger partial charge in [-0.1, -0.05) is 18.2 Å². The summed E-state index contributed by atoms with van der Waals surface area (Å²) in [5, 5.41) is 0. The maximum absolute atomic E-state index is 14.2. The molecule has 11 heteroatoms. The molecule has 2 amide bonds. The van der Waals surface area contributed by atoms with Crippen LogP contribution >= 0.6 is 0 Å². The van der Waals surface area contributed by atoms with Crippen molar-refractivity contribution in [2.24, 2.45) is 0 Å². The topological polar surface area (TPSA) is 95.3 Å². The number of benzene rings is 2. The van der Waals surface area contributed by atoms with Crippen molar-refractivity contribution in [3.8, 4) is 0 Å². The minimum absolute atomic E-state index is 0.0719. The Hall–Kier alpha value is -4.41. The summed E-state index contributed by atoms with van der Waals surface area (Å²) in [7, 11) is 0. The number of hydrogen-bond donors (Lipinski definition) is 2. The van der Waals surface area contributed by atoms with Crippen molar-refractivity contribution in [1.29, 1.82) is 0 Å². The zero-order chi connectivity index (χ0) is 26.8. The lowest BCUT2D eigenvalue weighted by Crippen LogP contribution is -2.49. The molecule has 1 fully saturated rings. The molecule has 0 aliphatic carbocycles. The number of nitrogen functional groups attached to an aromatic ring is 1. The summed E-state index contributed by atoms with van der Waals surface area (Å²) >= 11 is 0. The van der Waals surface area contributed by atoms with E-state index in [1.165, 1.54) is 35.2 Å². The average Bonchev–Trinajstić information content (AvgIpc) is 3.50. The third kappa shape index (κ3) is 3.60. The highest BCUT2D eigenvalue weighted by atomic mass is 19.3. The lowest BCUT2D eigenvalue weighted by Gasteiger charge is -2.34. The van der Waals surface area contributed by atoms with Gasteiger partial charge in [0.15, 0.2) is 0 Å². The molecule has 0 unspecified atom stereocenters. The molecule has 194 valence electrons. The molecule has 38 heavy (non-hydrogen) atoms. The van der Waals surface area contributed by atoms with Crippen LogP contribution in [0.15, 0.2) is 54.6 Å². The van der Waals surface area contributed by atoms with Crippen LogP contribution in [-0.2, 0) is 23.4 Å². The molecule has 2 aliphatic heterocycles. The minimum atomic E-state index is -2.81. The monoisotopic (exact) mass is 523 g/mol. The van der Waals surface area contributed by atoms with Crippen molar-refractivity contribution in [3.63, 3.8) is 0 Å². The molecule has 0 radical (unpaired) electrons. The number of alkyl halides is 2. The van der Waals surface area contributed by atoms with Crippen molar-refractivity contribution < 1.29 is 27.2 Å². The molecule has 1 saturated heterocycles. The second kappa shape index (κ2) is 8.57. The van der Waals surface area contributed by atoms with Crippen molar-refractivity contribution in [3.05, 3.63) is 94.2 Å². The third-order valence-corrected chi connectivity index (χ3v) is 7.29. The van der Waals surface area contributed by atoms with Crippen LogP contribution in [0.2, 0.25) is 0 Å². The molecule has 7 nitrogen and oxygen atoms in total. The number of fused-ring (bicyclic) bond motifs is 3. The zero-order valence-corrected chi connectivity index (χ0v) is 19.8. The first kappa shape index (κ1) is 24.0. The van der Waals surface area contributed by atoms with Crippen molar-refractivity contribution in [2.45, 2.75) is 31.5 Å². The second-order valence-corrected chi connectivity index (χ2v) is 9.54. The summed E-state index contributed by atoms with van der Waals surface area (Å²) in [6.45, 7) is 0.369. The molecular formula is C27H21F4N5O2. The SMILES string of the molecule is Nc1cc(C(F)F)c2[nH]c(CN3C(=O)c4cc(F)ccc4[C@]34CCN(Cc3ccc(F)cc3)C4=O)cc2n1. The van der Waals surface area contributed by atoms with E-state index in [4.69, 9.17) is 5.73 Å². The van der Waals surface area contributed by atoms with Gasteiger partial charge in [-0.25, -0.2) is 22.5 Å². The summed E-state index contributed by atoms with van der Waals surface area (Å²) in [6.07, 6.45) is -2.57. The molecule has 2 aromatic heterocycles. The number of carbonyl (C=O) groups is 2. The van der Waals surface area contributed by atoms with Gasteiger partial charge in [0.05, 0.1) is 17.6 Å². The Morgan fingerprint density at radius 2 is 1.74 bits per heavy atom. The van der Waals surface area contributed by atoms with Crippen LogP contribution in [0.5, 0.6) is 0 Å². The number of H-pyrrole nitrogens is 1. The van der Waals surface area contributed by atoms with Gasteiger partial charge < -0.3 is 20.5 Å². The van der Waals surface area contributed by atoms with Gasteiger partial charge in [0, 0.05) is 41.9 Å². The summed E-state index contributed by atoms with van der Waals surface area (Å²) in [5.74, 6) is -1.98. The minimum Gasteiger partial charge on any atom is -0.384 e. The fourth-order valence-corrected chi connectivity index (χ4v) is 5.59. The molecular weight excluding hydrogens is 502 g/mol. The number of hydrogen-bond acceptors (Lipinski definition) is 4. The quantitative estimate of drug-likeness (QED) is 0.373. The van der Waals surface area contributed by atoms with E-state index in [0.29, 0.717) is 23.4 Å². The number of nitrogens with zero attached hydrogens (tertiary/aromatic N) is 3. The number of nitrogens with two attached hydrogens (primary N) is 1. The molecule has 4 aromatic rings. The number of nitrogens with one attached hydrogen (secondary N) is 1. The van der Waals surface area contributed by atoms with Gasteiger partial charge in [-0.2, -0.15) is 0 Å². The maximum Gasteiger partial charge on any atom is 0.266 e. The maximum atomic E-state index is 14.2. The van der Waals surface area contributed by atoms with E-state index < -0.39 is 29.5 Å². The van der Waals surface area contributed by atoms with Gasteiger partial charge in [-0.3, -0.25) is 9.59 Å². The number of anilines is 1. The number of likely N-dealkylation sites (tertiary alicyclic amines) is 1. The van der Waals surface area contributed by atoms with Crippen molar-refractivity contribution in [1.82, 2.24) is 19.8 Å². The van der Waals surface area contributed by atoms with Gasteiger partial charge >= 0.3 is 0 Å². The number of pyridine rings is 1. The largest absolute Gasteiger partial charge is 0.384 e. The molecule has 6 rings (SSSR count). The van der Waals surface area contributed by atoms with Crippen LogP contribution in [0.25, 0.3) is 11.0 Å². The molecule has 2 aromatic carbocycles. The lowest BCUT2D eigenvalue weighted by atomic mass is 9.87. The lowest BCUT2D eigenvalue weighted by molar-refractivity contribution is -0.137. The summed E-state index contributed by atoms with van der Waals surface area (Å²) in [4.78, 5) is 37.5. The van der Waals surface area contributed by atoms with Crippen LogP contribution in [-0.4, -0.2) is 38.1 Å². The first-order valence-corrected chi connectivity index (χ1v) is 11.9. The van der Waals surface area contributed by atoms with Crippen molar-refractivity contribution >= 4 is 28.7 Å². The van der Waals surface area contributed by atoms with E-state index in [0.717, 1.165) is 12.1 Å². The standard InChI is InChI=1S/C27H21F4N5O2/c28-15-3-1-14(2-4-15)12-35-8-7-27(26(35)38)20-6-5-16(29)9-18(20)25(37)36(27)13-17-10-21-23(33-17)19(24(30)31)11-22(32)34-21/h1-6,9-11,24,33H,7-8,12-13H2,(H2,32,34)/t27-/m0/s1. The molecule has 0 bridgehead atoms. The van der Waals surface area contributed by atoms with Crippen LogP contribution in [0.3, 0.4) is 0 Å². The fourth-order valence-electron chi connectivity index (χ4n) is 5.59. The van der Waals surface area contributed by atoms with Crippen LogP contribution in [0.1, 0.15) is 45.6 Å². The first-order chi connectivity index (χ1) is 18.2. The van der Waals surface area contributed by atoms with Gasteiger partial charge in [-0.05, 0) is 42.0 Å². The van der Waals surface area contributed by atoms with E-state index in [-0.39, 0.29) is 53.4 Å². The van der Waals surface area contributed by atoms with Crippen LogP contribution < -0.4 is 5.73 Å². The molecule has 2 aliphatic rings. The molecule has 0 saturated carbocycles. The Balaban J connectivity index is 1.40. The summed E-state index contributed by atoms with van der Waals surface area (Å²) < 4.78 is 54.8. The third-order valence-electron chi connectivity index (χ3n) is 7.29. The predicted octanol–water partition coefficient (Wildman–Crippen LogP) is 4.64. The second-order valence-electron chi connectivity index (χ2n) is 9.54. The Kier molecular flexibility index (Phi) is 5.41. The first-order valence-electron chi connectivity index (χ1n) is 11.9. The number of aromatic amines is 1. The predicted molar refractivity (Wildman–Crippen MR) is 130 cm³/mol. The highest BCUT2D eigenvalue weighted by Gasteiger charge is 2.59. The zero-order valence-electron chi connectivity index (χ0n) is 19.8. The molecule has 3 N–H and O–H groups in total. The van der Waals surface area contributed by atoms with Gasteiger partial charge in [0.1, 0.15) is 23.0 Å². The molecule has 1 atom stereocenters. The van der Waals surface area contributed by atoms with E-state index in [1.807, 2.05) is 0 Å². The number of carbonyl (C=O) groups excluding carboxylic acids is 2. The van der Waals surface area contributed by atoms with Gasteiger partial charge in [0.25, 0.3) is 18.2 Å². The van der Waals surface area contributed by atoms with E-state index in [2.05, 4.69) is 9.97 Å². The Morgan fingerprint density at radius 3 is 2.47 bits per heavy atom. The Labute approximate surface area is 213 Å². The van der Waals surface area contributed by atoms with E-state index >= 15 is 0 Å². The smallest absolute Gasteiger partial charge is 0.266 e. The number of aromatic nitrogens is 2. The van der Waals surface area contributed by atoms with Crippen LogP contribution in [0.4, 0.5) is 23.4 Å². The number of halogens is 4. The summed E-state index contributed by atoms with van der Waals surface area (Å²) in [5.41, 5.74) is 5.81. The van der Waals surface area contributed by atoms with E-state index in [1.54, 1.807) is 17.0 Å². The Bertz CT molecular complexity index is 1600. The fraction of sp³-hybridized carbons (Fsp3) is 0.222.